The van der Waals surface area contributed by atoms with Crippen LogP contribution in [0.3, 0.4) is 0 Å². The lowest BCUT2D eigenvalue weighted by Gasteiger charge is -2.08. The molecule has 1 aliphatic rings. The van der Waals surface area contributed by atoms with E-state index in [1.807, 2.05) is 0 Å². The number of nitrogens with zero attached hydrogens (tertiary/aromatic N) is 1. The lowest BCUT2D eigenvalue weighted by atomic mass is 10.0. The van der Waals surface area contributed by atoms with Gasteiger partial charge in [0.1, 0.15) is 5.82 Å². The maximum atomic E-state index is 13.7. The van der Waals surface area contributed by atoms with Crippen molar-refractivity contribution in [3.8, 4) is 0 Å². The zero-order valence-corrected chi connectivity index (χ0v) is 11.0. The zero-order chi connectivity index (χ0) is 14.2. The molecule has 1 N–H and O–H groups in total. The summed E-state index contributed by atoms with van der Waals surface area (Å²) in [5.74, 6) is -0.505. The highest BCUT2D eigenvalue weighted by Gasteiger charge is 2.29. The third-order valence-corrected chi connectivity index (χ3v) is 3.61. The van der Waals surface area contributed by atoms with E-state index < -0.39 is 26.5 Å². The molecule has 0 unspecified atom stereocenters. The molecule has 1 fully saturated rings. The number of sulfonamides is 1. The Kier molecular flexibility index (Phi) is 3.55. The number of halogens is 1. The van der Waals surface area contributed by atoms with Gasteiger partial charge in [-0.05, 0) is 30.4 Å². The van der Waals surface area contributed by atoms with Crippen molar-refractivity contribution in [2.45, 2.75) is 25.3 Å². The van der Waals surface area contributed by atoms with Gasteiger partial charge in [-0.2, -0.15) is 0 Å². The standard InChI is InChI=1S/C11H13FN2O4S/c1-19(17,18)13-6-8-4-9(7-2-3-7)10(12)5-11(8)14(15)16/h4-5,7,13H,2-3,6H2,1H3. The normalized spacial score (nSPS) is 15.5. The van der Waals surface area contributed by atoms with Gasteiger partial charge >= 0.3 is 0 Å². The quantitative estimate of drug-likeness (QED) is 0.659. The Morgan fingerprint density at radius 1 is 1.47 bits per heavy atom. The van der Waals surface area contributed by atoms with E-state index in [-0.39, 0.29) is 18.0 Å². The van der Waals surface area contributed by atoms with Crippen LogP contribution in [0, 0.1) is 15.9 Å². The number of hydrogen-bond donors (Lipinski definition) is 1. The van der Waals surface area contributed by atoms with Gasteiger partial charge in [0.2, 0.25) is 10.0 Å². The highest BCUT2D eigenvalue weighted by Crippen LogP contribution is 2.42. The maximum Gasteiger partial charge on any atom is 0.276 e. The largest absolute Gasteiger partial charge is 0.276 e. The molecule has 0 aromatic heterocycles. The van der Waals surface area contributed by atoms with Gasteiger partial charge < -0.3 is 0 Å². The van der Waals surface area contributed by atoms with Crippen molar-refractivity contribution in [2.75, 3.05) is 6.26 Å². The van der Waals surface area contributed by atoms with Crippen LogP contribution in [0.1, 0.15) is 29.9 Å². The molecule has 0 heterocycles. The van der Waals surface area contributed by atoms with Crippen molar-refractivity contribution in [1.82, 2.24) is 4.72 Å². The van der Waals surface area contributed by atoms with Gasteiger partial charge in [-0.1, -0.05) is 0 Å². The van der Waals surface area contributed by atoms with Gasteiger partial charge in [0.15, 0.2) is 0 Å². The summed E-state index contributed by atoms with van der Waals surface area (Å²) in [5.41, 5.74) is 0.202. The fourth-order valence-corrected chi connectivity index (χ4v) is 2.27. The van der Waals surface area contributed by atoms with Crippen molar-refractivity contribution < 1.29 is 17.7 Å². The average molecular weight is 288 g/mol. The van der Waals surface area contributed by atoms with Crippen molar-refractivity contribution in [3.05, 3.63) is 39.2 Å². The number of rotatable bonds is 5. The SMILES string of the molecule is CS(=O)(=O)NCc1cc(C2CC2)c(F)cc1[N+](=O)[O-]. The van der Waals surface area contributed by atoms with Gasteiger partial charge in [0, 0.05) is 12.1 Å². The predicted molar refractivity (Wildman–Crippen MR) is 66.7 cm³/mol. The number of nitro benzene ring substituents is 1. The molecule has 0 amide bonds. The second-order valence-electron chi connectivity index (χ2n) is 4.63. The Balaban J connectivity index is 2.37. The van der Waals surface area contributed by atoms with Gasteiger partial charge in [0.25, 0.3) is 5.69 Å². The summed E-state index contributed by atoms with van der Waals surface area (Å²) in [6.45, 7) is -0.213. The third kappa shape index (κ3) is 3.48. The predicted octanol–water partition coefficient (Wildman–Crippen LogP) is 1.66. The van der Waals surface area contributed by atoms with Crippen molar-refractivity contribution in [1.29, 1.82) is 0 Å². The Hall–Kier alpha value is -1.54. The molecule has 0 bridgehead atoms. The molecule has 19 heavy (non-hydrogen) atoms. The molecule has 1 aromatic rings. The average Bonchev–Trinajstić information content (AvgIpc) is 3.09. The van der Waals surface area contributed by atoms with E-state index in [0.29, 0.717) is 5.56 Å². The molecule has 6 nitrogen and oxygen atoms in total. The van der Waals surface area contributed by atoms with E-state index >= 15 is 0 Å². The topological polar surface area (TPSA) is 89.3 Å². The molecule has 0 spiro atoms. The first-order chi connectivity index (χ1) is 8.78. The molecule has 0 radical (unpaired) electrons. The number of benzene rings is 1. The molecular formula is C11H13FN2O4S. The van der Waals surface area contributed by atoms with Crippen LogP contribution in [0.15, 0.2) is 12.1 Å². The summed E-state index contributed by atoms with van der Waals surface area (Å²) >= 11 is 0. The van der Waals surface area contributed by atoms with Crippen molar-refractivity contribution in [3.63, 3.8) is 0 Å². The fourth-order valence-electron chi connectivity index (χ4n) is 1.85. The van der Waals surface area contributed by atoms with E-state index in [1.54, 1.807) is 0 Å². The lowest BCUT2D eigenvalue weighted by Crippen LogP contribution is -2.22. The van der Waals surface area contributed by atoms with Gasteiger partial charge in [-0.15, -0.1) is 0 Å². The van der Waals surface area contributed by atoms with Gasteiger partial charge in [-0.25, -0.2) is 17.5 Å². The molecule has 0 aliphatic heterocycles. The van der Waals surface area contributed by atoms with Gasteiger partial charge in [-0.3, -0.25) is 10.1 Å². The number of hydrogen-bond acceptors (Lipinski definition) is 4. The minimum atomic E-state index is -3.46. The Morgan fingerprint density at radius 3 is 2.58 bits per heavy atom. The van der Waals surface area contributed by atoms with Crippen LogP contribution < -0.4 is 4.72 Å². The van der Waals surface area contributed by atoms with Crippen LogP contribution in [0.5, 0.6) is 0 Å². The third-order valence-electron chi connectivity index (χ3n) is 2.94. The highest BCUT2D eigenvalue weighted by atomic mass is 32.2. The Morgan fingerprint density at radius 2 is 2.11 bits per heavy atom. The first kappa shape index (κ1) is 13.9. The molecule has 1 aromatic carbocycles. The Labute approximate surface area is 109 Å². The highest BCUT2D eigenvalue weighted by molar-refractivity contribution is 7.88. The molecule has 1 aliphatic carbocycles. The summed E-state index contributed by atoms with van der Waals surface area (Å²) in [6.07, 6.45) is 2.67. The van der Waals surface area contributed by atoms with Crippen LogP contribution in [0.4, 0.5) is 10.1 Å². The van der Waals surface area contributed by atoms with E-state index in [2.05, 4.69) is 4.72 Å². The molecule has 1 saturated carbocycles. The summed E-state index contributed by atoms with van der Waals surface area (Å²) in [5, 5.41) is 10.9. The molecule has 2 rings (SSSR count). The molecular weight excluding hydrogens is 275 g/mol. The summed E-state index contributed by atoms with van der Waals surface area (Å²) < 4.78 is 38.0. The van der Waals surface area contributed by atoms with Gasteiger partial charge in [0.05, 0.1) is 17.2 Å². The Bertz CT molecular complexity index is 626. The van der Waals surface area contributed by atoms with Crippen LogP contribution in [0.2, 0.25) is 0 Å². The fraction of sp³-hybridized carbons (Fsp3) is 0.455. The van der Waals surface area contributed by atoms with E-state index in [4.69, 9.17) is 0 Å². The lowest BCUT2D eigenvalue weighted by molar-refractivity contribution is -0.385. The van der Waals surface area contributed by atoms with E-state index in [1.165, 1.54) is 6.07 Å². The van der Waals surface area contributed by atoms with Crippen LogP contribution in [0.25, 0.3) is 0 Å². The summed E-state index contributed by atoms with van der Waals surface area (Å²) in [6, 6.07) is 2.26. The first-order valence-electron chi connectivity index (χ1n) is 5.69. The van der Waals surface area contributed by atoms with Crippen LogP contribution in [-0.2, 0) is 16.6 Å². The number of nitro groups is 1. The van der Waals surface area contributed by atoms with E-state index in [0.717, 1.165) is 25.2 Å². The zero-order valence-electron chi connectivity index (χ0n) is 10.2. The summed E-state index contributed by atoms with van der Waals surface area (Å²) in [4.78, 5) is 10.1. The monoisotopic (exact) mass is 288 g/mol. The first-order valence-corrected chi connectivity index (χ1v) is 7.58. The smallest absolute Gasteiger partial charge is 0.258 e. The summed E-state index contributed by atoms with van der Waals surface area (Å²) in [7, 11) is -3.46. The second kappa shape index (κ2) is 4.86. The second-order valence-corrected chi connectivity index (χ2v) is 6.46. The maximum absolute atomic E-state index is 13.7. The minimum Gasteiger partial charge on any atom is -0.258 e. The molecule has 104 valence electrons. The molecule has 8 heteroatoms. The van der Waals surface area contributed by atoms with Crippen LogP contribution >= 0.6 is 0 Å². The minimum absolute atomic E-state index is 0.0952. The van der Waals surface area contributed by atoms with Crippen molar-refractivity contribution >= 4 is 15.7 Å². The molecule has 0 atom stereocenters. The molecule has 0 saturated heterocycles. The van der Waals surface area contributed by atoms with E-state index in [9.17, 15) is 22.9 Å². The van der Waals surface area contributed by atoms with Crippen LogP contribution in [-0.4, -0.2) is 19.6 Å². The number of nitrogens with one attached hydrogen (secondary N) is 1. The van der Waals surface area contributed by atoms with Crippen molar-refractivity contribution in [2.24, 2.45) is 0 Å².